The average molecular weight is 490 g/mol. The van der Waals surface area contributed by atoms with Crippen LogP contribution in [0.25, 0.3) is 10.8 Å². The van der Waals surface area contributed by atoms with Crippen LogP contribution in [0.2, 0.25) is 5.02 Å². The van der Waals surface area contributed by atoms with Gasteiger partial charge in [-0.2, -0.15) is 5.10 Å². The summed E-state index contributed by atoms with van der Waals surface area (Å²) in [5, 5.41) is 10.3. The molecule has 0 amide bonds. The van der Waals surface area contributed by atoms with Gasteiger partial charge in [0.15, 0.2) is 0 Å². The largest absolute Gasteiger partial charge is 0.464 e. The van der Waals surface area contributed by atoms with Crippen molar-refractivity contribution in [2.24, 2.45) is 5.10 Å². The molecule has 2 aliphatic rings. The van der Waals surface area contributed by atoms with Gasteiger partial charge in [-0.05, 0) is 52.7 Å². The minimum atomic E-state index is -0.297. The van der Waals surface area contributed by atoms with E-state index >= 15 is 0 Å². The Hall–Kier alpha value is -2.82. The highest BCUT2D eigenvalue weighted by molar-refractivity contribution is 9.10. The second kappa shape index (κ2) is 7.40. The van der Waals surface area contributed by atoms with Crippen LogP contribution in [0.4, 0.5) is 0 Å². The molecule has 2 atom stereocenters. The van der Waals surface area contributed by atoms with Gasteiger partial charge < -0.3 is 4.74 Å². The molecular formula is C26H18BrClN2O. The molecule has 6 rings (SSSR count). The molecule has 0 radical (unpaired) electrons. The van der Waals surface area contributed by atoms with Gasteiger partial charge in [0.1, 0.15) is 5.75 Å². The van der Waals surface area contributed by atoms with Gasteiger partial charge in [-0.25, -0.2) is 5.01 Å². The number of rotatable bonds is 2. The highest BCUT2D eigenvalue weighted by Crippen LogP contribution is 2.48. The summed E-state index contributed by atoms with van der Waals surface area (Å²) >= 11 is 9.93. The van der Waals surface area contributed by atoms with Crippen molar-refractivity contribution in [1.29, 1.82) is 0 Å². The summed E-state index contributed by atoms with van der Waals surface area (Å²) in [7, 11) is 0. The minimum absolute atomic E-state index is 0.0768. The molecule has 0 N–H and O–H groups in total. The molecule has 0 fully saturated rings. The molecule has 0 saturated heterocycles. The zero-order chi connectivity index (χ0) is 20.9. The Labute approximate surface area is 194 Å². The Balaban J connectivity index is 1.46. The van der Waals surface area contributed by atoms with Crippen molar-refractivity contribution in [3.8, 4) is 5.75 Å². The second-order valence-electron chi connectivity index (χ2n) is 7.92. The first-order valence-electron chi connectivity index (χ1n) is 10.2. The van der Waals surface area contributed by atoms with E-state index in [1.807, 2.05) is 30.3 Å². The zero-order valence-corrected chi connectivity index (χ0v) is 18.8. The summed E-state index contributed by atoms with van der Waals surface area (Å²) in [6.07, 6.45) is 0.508. The molecule has 0 aromatic heterocycles. The van der Waals surface area contributed by atoms with Crippen LogP contribution in [0.5, 0.6) is 5.75 Å². The van der Waals surface area contributed by atoms with Gasteiger partial charge >= 0.3 is 0 Å². The molecule has 2 heterocycles. The summed E-state index contributed by atoms with van der Waals surface area (Å²) in [6, 6.07) is 29.1. The van der Waals surface area contributed by atoms with E-state index in [-0.39, 0.29) is 12.3 Å². The van der Waals surface area contributed by atoms with Gasteiger partial charge in [-0.15, -0.1) is 0 Å². The van der Waals surface area contributed by atoms with Crippen LogP contribution in [0.15, 0.2) is 94.5 Å². The predicted octanol–water partition coefficient (Wildman–Crippen LogP) is 7.50. The molecule has 3 nitrogen and oxygen atoms in total. The van der Waals surface area contributed by atoms with Crippen LogP contribution >= 0.6 is 27.5 Å². The first-order chi connectivity index (χ1) is 15.2. The van der Waals surface area contributed by atoms with Gasteiger partial charge in [0.05, 0.1) is 11.8 Å². The van der Waals surface area contributed by atoms with Crippen molar-refractivity contribution < 1.29 is 4.74 Å². The smallest absolute Gasteiger partial charge is 0.213 e. The fraction of sp³-hybridized carbons (Fsp3) is 0.115. The average Bonchev–Trinajstić information content (AvgIpc) is 3.24. The van der Waals surface area contributed by atoms with E-state index in [2.05, 4.69) is 75.5 Å². The van der Waals surface area contributed by atoms with Gasteiger partial charge in [0.2, 0.25) is 6.23 Å². The van der Waals surface area contributed by atoms with Gasteiger partial charge in [0.25, 0.3) is 0 Å². The van der Waals surface area contributed by atoms with Crippen molar-refractivity contribution >= 4 is 44.0 Å². The molecule has 0 unspecified atom stereocenters. The molecule has 2 aliphatic heterocycles. The van der Waals surface area contributed by atoms with E-state index in [0.717, 1.165) is 39.0 Å². The van der Waals surface area contributed by atoms with Crippen LogP contribution in [0, 0.1) is 0 Å². The number of ether oxygens (including phenoxy) is 1. The van der Waals surface area contributed by atoms with Crippen molar-refractivity contribution in [3.05, 3.63) is 111 Å². The van der Waals surface area contributed by atoms with Crippen molar-refractivity contribution in [2.75, 3.05) is 0 Å². The normalized spacial score (nSPS) is 19.5. The van der Waals surface area contributed by atoms with Gasteiger partial charge in [-0.3, -0.25) is 0 Å². The van der Waals surface area contributed by atoms with Gasteiger partial charge in [0, 0.05) is 27.0 Å². The predicted molar refractivity (Wildman–Crippen MR) is 129 cm³/mol. The molecule has 0 aliphatic carbocycles. The van der Waals surface area contributed by atoms with Crippen molar-refractivity contribution in [1.82, 2.24) is 5.01 Å². The molecule has 4 aromatic carbocycles. The molecule has 0 bridgehead atoms. The lowest BCUT2D eigenvalue weighted by molar-refractivity contribution is -0.0190. The van der Waals surface area contributed by atoms with Crippen LogP contribution in [-0.4, -0.2) is 10.7 Å². The molecular weight excluding hydrogens is 472 g/mol. The third kappa shape index (κ3) is 3.31. The lowest BCUT2D eigenvalue weighted by Crippen LogP contribution is -2.33. The first kappa shape index (κ1) is 18.9. The molecule has 152 valence electrons. The third-order valence-corrected chi connectivity index (χ3v) is 6.70. The molecule has 31 heavy (non-hydrogen) atoms. The SMILES string of the molecule is Clc1ccc2c(c1)[C@@H]1CC(c3ccc4ccccc4c3)=NN1[C@H](c1cccc(Br)c1)O2. The number of nitrogens with zero attached hydrogens (tertiary/aromatic N) is 2. The number of halogens is 2. The highest BCUT2D eigenvalue weighted by Gasteiger charge is 2.41. The Morgan fingerprint density at radius 1 is 0.903 bits per heavy atom. The number of benzene rings is 4. The summed E-state index contributed by atoms with van der Waals surface area (Å²) in [5.41, 5.74) is 4.35. The van der Waals surface area contributed by atoms with Crippen molar-refractivity contribution in [2.45, 2.75) is 18.7 Å². The summed E-state index contributed by atoms with van der Waals surface area (Å²) in [4.78, 5) is 0. The lowest BCUT2D eigenvalue weighted by Gasteiger charge is -2.38. The Bertz CT molecular complexity index is 1350. The monoisotopic (exact) mass is 488 g/mol. The standard InChI is InChI=1S/C26H18BrClN2O/c27-20-7-3-6-19(13-20)26-30-24(22-14-21(28)10-11-25(22)31-26)15-23(29-30)18-9-8-16-4-1-2-5-17(16)12-18/h1-14,24,26H,15H2/t24-,26-/m0/s1. The second-order valence-corrected chi connectivity index (χ2v) is 9.27. The first-order valence-corrected chi connectivity index (χ1v) is 11.4. The third-order valence-electron chi connectivity index (χ3n) is 5.97. The maximum Gasteiger partial charge on any atom is 0.213 e. The highest BCUT2D eigenvalue weighted by atomic mass is 79.9. The van der Waals surface area contributed by atoms with E-state index in [9.17, 15) is 0 Å². The van der Waals surface area contributed by atoms with E-state index in [0.29, 0.717) is 5.02 Å². The van der Waals surface area contributed by atoms with Crippen LogP contribution in [-0.2, 0) is 0 Å². The number of hydrazone groups is 1. The van der Waals surface area contributed by atoms with Crippen LogP contribution in [0.3, 0.4) is 0 Å². The molecule has 5 heteroatoms. The number of hydrogen-bond donors (Lipinski definition) is 0. The molecule has 0 spiro atoms. The zero-order valence-electron chi connectivity index (χ0n) is 16.5. The van der Waals surface area contributed by atoms with E-state index in [1.165, 1.54) is 10.8 Å². The van der Waals surface area contributed by atoms with Gasteiger partial charge in [-0.1, -0.05) is 76.1 Å². The lowest BCUT2D eigenvalue weighted by atomic mass is 9.95. The Kier molecular flexibility index (Phi) is 4.51. The Morgan fingerprint density at radius 3 is 2.65 bits per heavy atom. The van der Waals surface area contributed by atoms with E-state index < -0.39 is 0 Å². The fourth-order valence-corrected chi connectivity index (χ4v) is 5.08. The number of fused-ring (bicyclic) bond motifs is 4. The van der Waals surface area contributed by atoms with E-state index in [4.69, 9.17) is 21.4 Å². The minimum Gasteiger partial charge on any atom is -0.464 e. The van der Waals surface area contributed by atoms with Crippen LogP contribution in [0.1, 0.15) is 35.4 Å². The summed E-state index contributed by atoms with van der Waals surface area (Å²) in [5.74, 6) is 0.866. The van der Waals surface area contributed by atoms with Crippen molar-refractivity contribution in [3.63, 3.8) is 0 Å². The topological polar surface area (TPSA) is 24.8 Å². The maximum absolute atomic E-state index is 6.44. The van der Waals surface area contributed by atoms with Crippen LogP contribution < -0.4 is 4.74 Å². The maximum atomic E-state index is 6.44. The fourth-order valence-electron chi connectivity index (χ4n) is 4.48. The summed E-state index contributed by atoms with van der Waals surface area (Å²) < 4.78 is 7.45. The Morgan fingerprint density at radius 2 is 1.77 bits per heavy atom. The number of hydrogen-bond acceptors (Lipinski definition) is 3. The molecule has 0 saturated carbocycles. The molecule has 4 aromatic rings. The summed E-state index contributed by atoms with van der Waals surface area (Å²) in [6.45, 7) is 0. The van der Waals surface area contributed by atoms with E-state index in [1.54, 1.807) is 0 Å². The quantitative estimate of drug-likeness (QED) is 0.291.